The Morgan fingerprint density at radius 1 is 1.22 bits per heavy atom. The number of thiazole rings is 1. The summed E-state index contributed by atoms with van der Waals surface area (Å²) >= 11 is 1.83. The van der Waals surface area contributed by atoms with Gasteiger partial charge in [0.15, 0.2) is 0 Å². The van der Waals surface area contributed by atoms with E-state index in [1.165, 1.54) is 56.4 Å². The zero-order chi connectivity index (χ0) is 12.8. The highest BCUT2D eigenvalue weighted by atomic mass is 32.1. The fraction of sp³-hybridized carbons (Fsp3) is 0.812. The van der Waals surface area contributed by atoms with E-state index in [1.807, 2.05) is 17.5 Å². The van der Waals surface area contributed by atoms with Crippen molar-refractivity contribution in [1.82, 2.24) is 4.98 Å². The molecule has 1 nitrogen and oxygen atoms in total. The normalized spacial score (nSPS) is 27.8. The lowest BCUT2D eigenvalue weighted by Crippen LogP contribution is -2.06. The molecule has 1 aromatic rings. The maximum atomic E-state index is 4.45. The van der Waals surface area contributed by atoms with Gasteiger partial charge in [0.1, 0.15) is 0 Å². The van der Waals surface area contributed by atoms with E-state index >= 15 is 0 Å². The van der Waals surface area contributed by atoms with E-state index in [0.717, 1.165) is 17.8 Å². The number of nitrogens with zero attached hydrogens (tertiary/aromatic N) is 1. The predicted octanol–water partition coefficient (Wildman–Crippen LogP) is 5.32. The van der Waals surface area contributed by atoms with Crippen LogP contribution >= 0.6 is 11.3 Å². The lowest BCUT2D eigenvalue weighted by Gasteiger charge is -2.17. The Balaban J connectivity index is 1.81. The maximum Gasteiger partial charge on any atom is 0.0927 e. The first-order valence-electron chi connectivity index (χ1n) is 7.71. The molecule has 1 fully saturated rings. The summed E-state index contributed by atoms with van der Waals surface area (Å²) in [6, 6.07) is 0. The highest BCUT2D eigenvalue weighted by molar-refractivity contribution is 7.09. The average Bonchev–Trinajstić information content (AvgIpc) is 3.00. The zero-order valence-corrected chi connectivity index (χ0v) is 12.7. The number of hydrogen-bond acceptors (Lipinski definition) is 2. The van der Waals surface area contributed by atoms with Gasteiger partial charge in [-0.15, -0.1) is 11.3 Å². The lowest BCUT2D eigenvalue weighted by atomic mass is 9.89. The van der Waals surface area contributed by atoms with Crippen LogP contribution in [0.2, 0.25) is 0 Å². The van der Waals surface area contributed by atoms with Crippen molar-refractivity contribution >= 4 is 11.3 Å². The molecule has 3 unspecified atom stereocenters. The zero-order valence-electron chi connectivity index (χ0n) is 11.9. The minimum atomic E-state index is 0.910. The average molecular weight is 265 g/mol. The molecule has 2 heteroatoms. The van der Waals surface area contributed by atoms with Crippen molar-refractivity contribution in [2.75, 3.05) is 0 Å². The second-order valence-electron chi connectivity index (χ2n) is 5.89. The summed E-state index contributed by atoms with van der Waals surface area (Å²) in [5, 5.41) is 3.46. The van der Waals surface area contributed by atoms with Crippen LogP contribution in [-0.2, 0) is 6.42 Å². The second-order valence-corrected chi connectivity index (χ2v) is 6.87. The first-order valence-corrected chi connectivity index (χ1v) is 8.59. The molecule has 0 spiro atoms. The molecule has 2 rings (SSSR count). The first-order chi connectivity index (χ1) is 8.83. The molecule has 0 N–H and O–H groups in total. The molecule has 1 aliphatic rings. The van der Waals surface area contributed by atoms with Gasteiger partial charge in [0.2, 0.25) is 0 Å². The Bertz CT molecular complexity index is 320. The molecule has 102 valence electrons. The monoisotopic (exact) mass is 265 g/mol. The molecule has 3 atom stereocenters. The van der Waals surface area contributed by atoms with Crippen LogP contribution in [0.25, 0.3) is 0 Å². The Morgan fingerprint density at radius 3 is 2.72 bits per heavy atom. The topological polar surface area (TPSA) is 12.9 Å². The van der Waals surface area contributed by atoms with E-state index < -0.39 is 0 Å². The van der Waals surface area contributed by atoms with Crippen LogP contribution in [0.4, 0.5) is 0 Å². The van der Waals surface area contributed by atoms with Crippen molar-refractivity contribution in [1.29, 1.82) is 0 Å². The van der Waals surface area contributed by atoms with Crippen LogP contribution in [0.3, 0.4) is 0 Å². The Labute approximate surface area is 116 Å². The van der Waals surface area contributed by atoms with Crippen molar-refractivity contribution in [3.63, 3.8) is 0 Å². The third kappa shape index (κ3) is 3.81. The molecule has 0 aliphatic heterocycles. The molecule has 0 amide bonds. The lowest BCUT2D eigenvalue weighted by molar-refractivity contribution is 0.343. The highest BCUT2D eigenvalue weighted by Crippen LogP contribution is 2.42. The number of hydrogen-bond donors (Lipinski definition) is 0. The fourth-order valence-electron chi connectivity index (χ4n) is 3.61. The fourth-order valence-corrected chi connectivity index (χ4v) is 4.35. The predicted molar refractivity (Wildman–Crippen MR) is 80.0 cm³/mol. The van der Waals surface area contributed by atoms with Gasteiger partial charge >= 0.3 is 0 Å². The minimum Gasteiger partial charge on any atom is -0.250 e. The largest absolute Gasteiger partial charge is 0.250 e. The van der Waals surface area contributed by atoms with Crippen molar-refractivity contribution in [3.8, 4) is 0 Å². The summed E-state index contributed by atoms with van der Waals surface area (Å²) in [6.07, 6.45) is 13.2. The van der Waals surface area contributed by atoms with E-state index in [9.17, 15) is 0 Å². The van der Waals surface area contributed by atoms with Crippen LogP contribution in [0.5, 0.6) is 0 Å². The Morgan fingerprint density at radius 2 is 2.06 bits per heavy atom. The SMILES string of the molecule is CCCCCC1CC(Cc2nccs2)CC1CC. The van der Waals surface area contributed by atoms with Gasteiger partial charge in [0.25, 0.3) is 0 Å². The summed E-state index contributed by atoms with van der Waals surface area (Å²) < 4.78 is 0. The van der Waals surface area contributed by atoms with E-state index in [4.69, 9.17) is 0 Å². The summed E-state index contributed by atoms with van der Waals surface area (Å²) in [6.45, 7) is 4.68. The van der Waals surface area contributed by atoms with E-state index in [2.05, 4.69) is 24.2 Å². The summed E-state index contributed by atoms with van der Waals surface area (Å²) in [4.78, 5) is 4.45. The van der Waals surface area contributed by atoms with Crippen LogP contribution < -0.4 is 0 Å². The summed E-state index contributed by atoms with van der Waals surface area (Å²) in [7, 11) is 0. The number of unbranched alkanes of at least 4 members (excludes halogenated alkanes) is 2. The number of rotatable bonds is 7. The van der Waals surface area contributed by atoms with Gasteiger partial charge in [-0.1, -0.05) is 46.0 Å². The maximum absolute atomic E-state index is 4.45. The molecule has 0 saturated heterocycles. The molecule has 1 heterocycles. The van der Waals surface area contributed by atoms with Crippen LogP contribution in [-0.4, -0.2) is 4.98 Å². The Kier molecular flexibility index (Phi) is 5.68. The quantitative estimate of drug-likeness (QED) is 0.608. The highest BCUT2D eigenvalue weighted by Gasteiger charge is 2.32. The third-order valence-electron chi connectivity index (χ3n) is 4.59. The molecular formula is C16H27NS. The van der Waals surface area contributed by atoms with E-state index in [0.29, 0.717) is 0 Å². The molecule has 18 heavy (non-hydrogen) atoms. The van der Waals surface area contributed by atoms with Gasteiger partial charge in [-0.2, -0.15) is 0 Å². The van der Waals surface area contributed by atoms with Crippen molar-refractivity contribution in [2.45, 2.75) is 65.2 Å². The van der Waals surface area contributed by atoms with Gasteiger partial charge < -0.3 is 0 Å². The van der Waals surface area contributed by atoms with Crippen molar-refractivity contribution < 1.29 is 0 Å². The molecular weight excluding hydrogens is 238 g/mol. The second kappa shape index (κ2) is 7.28. The van der Waals surface area contributed by atoms with E-state index in [-0.39, 0.29) is 0 Å². The first kappa shape index (κ1) is 14.0. The number of aromatic nitrogens is 1. The standard InChI is InChI=1S/C16H27NS/c1-3-5-6-7-15-11-13(10-14(15)4-2)12-16-17-8-9-18-16/h8-9,13-15H,3-7,10-12H2,1-2H3. The van der Waals surface area contributed by atoms with Crippen LogP contribution in [0.1, 0.15) is 63.8 Å². The minimum absolute atomic E-state index is 0.910. The van der Waals surface area contributed by atoms with Gasteiger partial charge in [-0.3, -0.25) is 0 Å². The molecule has 0 radical (unpaired) electrons. The molecule has 1 aliphatic carbocycles. The molecule has 1 aromatic heterocycles. The van der Waals surface area contributed by atoms with Gasteiger partial charge in [-0.25, -0.2) is 4.98 Å². The van der Waals surface area contributed by atoms with Crippen molar-refractivity contribution in [3.05, 3.63) is 16.6 Å². The summed E-state index contributed by atoms with van der Waals surface area (Å²) in [5.41, 5.74) is 0. The smallest absolute Gasteiger partial charge is 0.0927 e. The van der Waals surface area contributed by atoms with Gasteiger partial charge in [0.05, 0.1) is 5.01 Å². The van der Waals surface area contributed by atoms with E-state index in [1.54, 1.807) is 0 Å². The van der Waals surface area contributed by atoms with Crippen molar-refractivity contribution in [2.24, 2.45) is 17.8 Å². The molecule has 0 aromatic carbocycles. The Hall–Kier alpha value is -0.370. The summed E-state index contributed by atoms with van der Waals surface area (Å²) in [5.74, 6) is 2.91. The molecule has 1 saturated carbocycles. The third-order valence-corrected chi connectivity index (χ3v) is 5.39. The van der Waals surface area contributed by atoms with Crippen LogP contribution in [0, 0.1) is 17.8 Å². The molecule has 0 bridgehead atoms. The van der Waals surface area contributed by atoms with Gasteiger partial charge in [-0.05, 0) is 30.6 Å². The van der Waals surface area contributed by atoms with Crippen LogP contribution in [0.15, 0.2) is 11.6 Å². The van der Waals surface area contributed by atoms with Gasteiger partial charge in [0, 0.05) is 18.0 Å².